The van der Waals surface area contributed by atoms with E-state index in [0.717, 1.165) is 25.7 Å². The average Bonchev–Trinajstić information content (AvgIpc) is 2.52. The summed E-state index contributed by atoms with van der Waals surface area (Å²) in [6.45, 7) is 4.07. The van der Waals surface area contributed by atoms with E-state index in [1.165, 1.54) is 7.11 Å². The number of hydrogen-bond acceptors (Lipinski definition) is 6. The molecule has 0 aromatic carbocycles. The standard InChI is InChI=1S/C16H28N2O6/c1-10-6-4-5-7-16(10,2)24-9-12(15(22)23-3)18-14(21)11(17)8-13(19)20/h10-12H,4-9,17H2,1-3H3,(H,18,21)(H,19,20)/t10?,11-,12-,16?/m0/s1. The van der Waals surface area contributed by atoms with Crippen molar-refractivity contribution in [1.82, 2.24) is 5.32 Å². The van der Waals surface area contributed by atoms with Crippen LogP contribution in [0.25, 0.3) is 0 Å². The topological polar surface area (TPSA) is 128 Å². The van der Waals surface area contributed by atoms with Crippen LogP contribution in [0.2, 0.25) is 0 Å². The van der Waals surface area contributed by atoms with E-state index in [0.29, 0.717) is 5.92 Å². The lowest BCUT2D eigenvalue weighted by Gasteiger charge is -2.40. The zero-order chi connectivity index (χ0) is 18.3. The molecule has 1 fully saturated rings. The summed E-state index contributed by atoms with van der Waals surface area (Å²) in [6.07, 6.45) is 3.63. The van der Waals surface area contributed by atoms with Crippen LogP contribution in [0.1, 0.15) is 46.0 Å². The van der Waals surface area contributed by atoms with Gasteiger partial charge in [-0.2, -0.15) is 0 Å². The maximum absolute atomic E-state index is 11.9. The van der Waals surface area contributed by atoms with Crippen molar-refractivity contribution in [2.75, 3.05) is 13.7 Å². The van der Waals surface area contributed by atoms with Crippen LogP contribution >= 0.6 is 0 Å². The van der Waals surface area contributed by atoms with Gasteiger partial charge in [0.25, 0.3) is 0 Å². The smallest absolute Gasteiger partial charge is 0.330 e. The van der Waals surface area contributed by atoms with E-state index in [9.17, 15) is 14.4 Å². The molecule has 0 heterocycles. The summed E-state index contributed by atoms with van der Waals surface area (Å²) >= 11 is 0. The fraction of sp³-hybridized carbons (Fsp3) is 0.812. The molecule has 0 bridgehead atoms. The van der Waals surface area contributed by atoms with Crippen LogP contribution in [0.15, 0.2) is 0 Å². The van der Waals surface area contributed by atoms with Gasteiger partial charge in [0.1, 0.15) is 0 Å². The number of hydrogen-bond donors (Lipinski definition) is 3. The third kappa shape index (κ3) is 5.76. The van der Waals surface area contributed by atoms with Gasteiger partial charge in [-0.15, -0.1) is 0 Å². The molecule has 0 aliphatic heterocycles. The van der Waals surface area contributed by atoms with Crippen LogP contribution in [0.4, 0.5) is 0 Å². The normalized spacial score (nSPS) is 26.2. The number of rotatable bonds is 8. The number of nitrogens with two attached hydrogens (primary N) is 1. The Morgan fingerprint density at radius 3 is 2.58 bits per heavy atom. The van der Waals surface area contributed by atoms with Gasteiger partial charge in [0, 0.05) is 0 Å². The average molecular weight is 344 g/mol. The number of carbonyl (C=O) groups is 3. The number of carbonyl (C=O) groups excluding carboxylic acids is 2. The van der Waals surface area contributed by atoms with Crippen LogP contribution in [0, 0.1) is 5.92 Å². The van der Waals surface area contributed by atoms with Crippen molar-refractivity contribution in [1.29, 1.82) is 0 Å². The Morgan fingerprint density at radius 1 is 1.38 bits per heavy atom. The zero-order valence-electron chi connectivity index (χ0n) is 14.5. The lowest BCUT2D eigenvalue weighted by Crippen LogP contribution is -2.52. The highest BCUT2D eigenvalue weighted by molar-refractivity contribution is 5.89. The summed E-state index contributed by atoms with van der Waals surface area (Å²) in [5.74, 6) is -2.22. The van der Waals surface area contributed by atoms with E-state index >= 15 is 0 Å². The number of carboxylic acids is 1. The zero-order valence-corrected chi connectivity index (χ0v) is 14.5. The first-order valence-corrected chi connectivity index (χ1v) is 8.19. The molecule has 8 nitrogen and oxygen atoms in total. The highest BCUT2D eigenvalue weighted by Gasteiger charge is 2.36. The number of ether oxygens (including phenoxy) is 2. The molecule has 4 N–H and O–H groups in total. The number of esters is 1. The molecule has 1 saturated carbocycles. The van der Waals surface area contributed by atoms with Gasteiger partial charge in [0.2, 0.25) is 5.91 Å². The summed E-state index contributed by atoms with van der Waals surface area (Å²) in [6, 6.07) is -2.26. The maximum Gasteiger partial charge on any atom is 0.330 e. The molecule has 0 radical (unpaired) electrons. The Labute approximate surface area is 142 Å². The monoisotopic (exact) mass is 344 g/mol. The molecule has 0 aromatic rings. The molecule has 138 valence electrons. The van der Waals surface area contributed by atoms with Crippen LogP contribution in [0.3, 0.4) is 0 Å². The largest absolute Gasteiger partial charge is 0.481 e. The second-order valence-corrected chi connectivity index (χ2v) is 6.56. The molecule has 24 heavy (non-hydrogen) atoms. The highest BCUT2D eigenvalue weighted by atomic mass is 16.5. The third-order valence-corrected chi connectivity index (χ3v) is 4.72. The molecule has 2 unspecified atom stereocenters. The van der Waals surface area contributed by atoms with E-state index in [-0.39, 0.29) is 12.2 Å². The molecule has 0 aromatic heterocycles. The Balaban J connectivity index is 2.67. The summed E-state index contributed by atoms with van der Waals surface area (Å²) in [7, 11) is 1.21. The summed E-state index contributed by atoms with van der Waals surface area (Å²) in [5, 5.41) is 11.1. The number of aliphatic carboxylic acids is 1. The van der Waals surface area contributed by atoms with Gasteiger partial charge in [-0.05, 0) is 25.7 Å². The second kappa shape index (κ2) is 8.98. The van der Waals surface area contributed by atoms with E-state index in [1.54, 1.807) is 0 Å². The first-order chi connectivity index (χ1) is 11.2. The van der Waals surface area contributed by atoms with Crippen molar-refractivity contribution >= 4 is 17.8 Å². The van der Waals surface area contributed by atoms with E-state index < -0.39 is 36.4 Å². The molecular formula is C16H28N2O6. The van der Waals surface area contributed by atoms with E-state index in [4.69, 9.17) is 15.6 Å². The first-order valence-electron chi connectivity index (χ1n) is 8.19. The predicted molar refractivity (Wildman–Crippen MR) is 86.2 cm³/mol. The Morgan fingerprint density at radius 2 is 2.04 bits per heavy atom. The minimum atomic E-state index is -1.24. The summed E-state index contributed by atoms with van der Waals surface area (Å²) in [4.78, 5) is 34.4. The molecule has 1 amide bonds. The van der Waals surface area contributed by atoms with E-state index in [2.05, 4.69) is 17.0 Å². The van der Waals surface area contributed by atoms with Gasteiger partial charge >= 0.3 is 11.9 Å². The highest BCUT2D eigenvalue weighted by Crippen LogP contribution is 2.36. The van der Waals surface area contributed by atoms with Gasteiger partial charge < -0.3 is 25.6 Å². The van der Waals surface area contributed by atoms with Gasteiger partial charge in [-0.3, -0.25) is 9.59 Å². The fourth-order valence-electron chi connectivity index (χ4n) is 2.84. The maximum atomic E-state index is 11.9. The van der Waals surface area contributed by atoms with Crippen molar-refractivity contribution < 1.29 is 29.0 Å². The summed E-state index contributed by atoms with van der Waals surface area (Å²) in [5.41, 5.74) is 5.15. The van der Waals surface area contributed by atoms with Crippen LogP contribution in [-0.2, 0) is 23.9 Å². The number of methoxy groups -OCH3 is 1. The molecule has 1 aliphatic rings. The van der Waals surface area contributed by atoms with Crippen LogP contribution in [0.5, 0.6) is 0 Å². The van der Waals surface area contributed by atoms with Crippen LogP contribution < -0.4 is 11.1 Å². The molecular weight excluding hydrogens is 316 g/mol. The molecule has 1 rings (SSSR count). The van der Waals surface area contributed by atoms with Crippen molar-refractivity contribution in [3.05, 3.63) is 0 Å². The minimum absolute atomic E-state index is 0.0426. The predicted octanol–water partition coefficient (Wildman–Crippen LogP) is 0.432. The molecule has 0 saturated heterocycles. The Hall–Kier alpha value is -1.67. The Bertz CT molecular complexity index is 469. The van der Waals surface area contributed by atoms with Gasteiger partial charge in [0.15, 0.2) is 6.04 Å². The lowest BCUT2D eigenvalue weighted by molar-refractivity contribution is -0.152. The molecule has 0 spiro atoms. The van der Waals surface area contributed by atoms with Gasteiger partial charge in [-0.25, -0.2) is 4.79 Å². The van der Waals surface area contributed by atoms with Crippen molar-refractivity contribution in [2.45, 2.75) is 63.6 Å². The van der Waals surface area contributed by atoms with Crippen molar-refractivity contribution in [3.63, 3.8) is 0 Å². The molecule has 4 atom stereocenters. The summed E-state index contributed by atoms with van der Waals surface area (Å²) < 4.78 is 10.6. The minimum Gasteiger partial charge on any atom is -0.481 e. The van der Waals surface area contributed by atoms with Gasteiger partial charge in [-0.1, -0.05) is 19.8 Å². The quantitative estimate of drug-likeness (QED) is 0.545. The number of nitrogens with one attached hydrogen (secondary N) is 1. The molecule has 8 heteroatoms. The number of carboxylic acid groups (broad SMARTS) is 1. The van der Waals surface area contributed by atoms with Crippen molar-refractivity contribution in [2.24, 2.45) is 11.7 Å². The third-order valence-electron chi connectivity index (χ3n) is 4.72. The number of amides is 1. The Kier molecular flexibility index (Phi) is 7.62. The lowest BCUT2D eigenvalue weighted by atomic mass is 9.77. The SMILES string of the molecule is COC(=O)[C@H](COC1(C)CCCCC1C)NC(=O)[C@@H](N)CC(=O)O. The first kappa shape index (κ1) is 20.4. The molecule has 1 aliphatic carbocycles. The van der Waals surface area contributed by atoms with Crippen LogP contribution in [-0.4, -0.2) is 54.4 Å². The second-order valence-electron chi connectivity index (χ2n) is 6.56. The van der Waals surface area contributed by atoms with Gasteiger partial charge in [0.05, 0.1) is 31.8 Å². The van der Waals surface area contributed by atoms with E-state index in [1.807, 2.05) is 6.92 Å². The van der Waals surface area contributed by atoms with Crippen molar-refractivity contribution in [3.8, 4) is 0 Å². The fourth-order valence-corrected chi connectivity index (χ4v) is 2.84.